The first-order valence-corrected chi connectivity index (χ1v) is 5.56. The highest BCUT2D eigenvalue weighted by atomic mass is 35.5. The number of aryl methyl sites for hydroxylation is 1. The Labute approximate surface area is 104 Å². The van der Waals surface area contributed by atoms with E-state index in [0.29, 0.717) is 16.4 Å². The van der Waals surface area contributed by atoms with Gasteiger partial charge in [-0.2, -0.15) is 0 Å². The minimum Gasteiger partial charge on any atom is -0.383 e. The van der Waals surface area contributed by atoms with Crippen molar-refractivity contribution in [3.05, 3.63) is 46.4 Å². The number of halogens is 2. The van der Waals surface area contributed by atoms with Crippen molar-refractivity contribution in [1.82, 2.24) is 4.98 Å². The third-order valence-corrected chi connectivity index (χ3v) is 2.89. The van der Waals surface area contributed by atoms with Crippen molar-refractivity contribution in [1.29, 1.82) is 0 Å². The second-order valence-corrected chi connectivity index (χ2v) is 4.38. The molecule has 0 aliphatic rings. The van der Waals surface area contributed by atoms with E-state index in [2.05, 4.69) is 4.98 Å². The molecule has 1 heterocycles. The molecule has 1 aromatic carbocycles. The molecule has 0 spiro atoms. The molecule has 0 unspecified atom stereocenters. The molecule has 2 rings (SSSR count). The number of hydrogen-bond acceptors (Lipinski definition) is 2. The predicted octanol–water partition coefficient (Wildman–Crippen LogP) is 3.74. The lowest BCUT2D eigenvalue weighted by atomic mass is 10.0. The lowest BCUT2D eigenvalue weighted by Gasteiger charge is -2.10. The van der Waals surface area contributed by atoms with Crippen LogP contribution in [0.5, 0.6) is 0 Å². The minimum atomic E-state index is -0.356. The number of rotatable bonds is 1. The number of hydrogen-bond donors (Lipinski definition) is 1. The van der Waals surface area contributed by atoms with Gasteiger partial charge in [0, 0.05) is 16.3 Å². The third-order valence-electron chi connectivity index (χ3n) is 2.66. The van der Waals surface area contributed by atoms with Crippen LogP contribution >= 0.6 is 11.6 Å². The molecule has 0 aliphatic heterocycles. The summed E-state index contributed by atoms with van der Waals surface area (Å²) in [6.45, 7) is 3.65. The first-order chi connectivity index (χ1) is 7.99. The molecule has 2 N–H and O–H groups in total. The highest BCUT2D eigenvalue weighted by molar-refractivity contribution is 6.30. The number of aromatic nitrogens is 1. The molecular weight excluding hydrogens is 239 g/mol. The Balaban J connectivity index is 2.68. The molecule has 17 heavy (non-hydrogen) atoms. The van der Waals surface area contributed by atoms with Gasteiger partial charge >= 0.3 is 0 Å². The van der Waals surface area contributed by atoms with Gasteiger partial charge in [0.05, 0.1) is 0 Å². The molecule has 4 heteroatoms. The van der Waals surface area contributed by atoms with Gasteiger partial charge < -0.3 is 5.73 Å². The maximum atomic E-state index is 13.8. The Kier molecular flexibility index (Phi) is 3.03. The lowest BCUT2D eigenvalue weighted by molar-refractivity contribution is 0.631. The van der Waals surface area contributed by atoms with E-state index in [1.165, 1.54) is 6.07 Å². The van der Waals surface area contributed by atoms with E-state index in [4.69, 9.17) is 17.3 Å². The summed E-state index contributed by atoms with van der Waals surface area (Å²) in [7, 11) is 0. The first-order valence-electron chi connectivity index (χ1n) is 5.18. The van der Waals surface area contributed by atoms with Crippen LogP contribution in [0, 0.1) is 19.7 Å². The summed E-state index contributed by atoms with van der Waals surface area (Å²) in [5.74, 6) is 0.0694. The van der Waals surface area contributed by atoms with E-state index in [9.17, 15) is 4.39 Å². The SMILES string of the molecule is Cc1cc(-c2ccc(Cl)cc2F)c(C)c(N)n1. The molecule has 0 saturated carbocycles. The van der Waals surface area contributed by atoms with E-state index in [-0.39, 0.29) is 5.82 Å². The van der Waals surface area contributed by atoms with Crippen molar-refractivity contribution in [3.63, 3.8) is 0 Å². The van der Waals surface area contributed by atoms with Gasteiger partial charge in [-0.05, 0) is 49.2 Å². The average molecular weight is 251 g/mol. The zero-order valence-electron chi connectivity index (χ0n) is 9.59. The van der Waals surface area contributed by atoms with E-state index in [0.717, 1.165) is 16.8 Å². The van der Waals surface area contributed by atoms with E-state index >= 15 is 0 Å². The van der Waals surface area contributed by atoms with Gasteiger partial charge in [-0.25, -0.2) is 9.37 Å². The Morgan fingerprint density at radius 1 is 1.18 bits per heavy atom. The van der Waals surface area contributed by atoms with Crippen LogP contribution in [-0.2, 0) is 0 Å². The molecule has 0 fully saturated rings. The fraction of sp³-hybridized carbons (Fsp3) is 0.154. The van der Waals surface area contributed by atoms with Crippen molar-refractivity contribution in [2.45, 2.75) is 13.8 Å². The largest absolute Gasteiger partial charge is 0.383 e. The maximum Gasteiger partial charge on any atom is 0.132 e. The zero-order chi connectivity index (χ0) is 12.6. The number of nitrogen functional groups attached to an aromatic ring is 1. The fourth-order valence-electron chi connectivity index (χ4n) is 1.75. The van der Waals surface area contributed by atoms with Crippen LogP contribution in [0.4, 0.5) is 10.2 Å². The van der Waals surface area contributed by atoms with Crippen molar-refractivity contribution < 1.29 is 4.39 Å². The molecule has 88 valence electrons. The smallest absolute Gasteiger partial charge is 0.132 e. The molecule has 2 nitrogen and oxygen atoms in total. The van der Waals surface area contributed by atoms with Gasteiger partial charge in [0.15, 0.2) is 0 Å². The van der Waals surface area contributed by atoms with Gasteiger partial charge in [-0.1, -0.05) is 11.6 Å². The van der Waals surface area contributed by atoms with Crippen molar-refractivity contribution >= 4 is 17.4 Å². The lowest BCUT2D eigenvalue weighted by Crippen LogP contribution is -1.99. The Morgan fingerprint density at radius 3 is 2.53 bits per heavy atom. The predicted molar refractivity (Wildman–Crippen MR) is 68.5 cm³/mol. The maximum absolute atomic E-state index is 13.8. The summed E-state index contributed by atoms with van der Waals surface area (Å²) >= 11 is 5.73. The summed E-state index contributed by atoms with van der Waals surface area (Å²) in [5, 5.41) is 0.377. The fourth-order valence-corrected chi connectivity index (χ4v) is 1.91. The minimum absolute atomic E-state index is 0.356. The molecule has 0 saturated heterocycles. The summed E-state index contributed by atoms with van der Waals surface area (Å²) in [6.07, 6.45) is 0. The topological polar surface area (TPSA) is 38.9 Å². The second kappa shape index (κ2) is 4.34. The van der Waals surface area contributed by atoms with Gasteiger partial charge in [0.2, 0.25) is 0 Å². The van der Waals surface area contributed by atoms with Crippen molar-refractivity contribution in [2.75, 3.05) is 5.73 Å². The van der Waals surface area contributed by atoms with Gasteiger partial charge in [-0.15, -0.1) is 0 Å². The molecule has 0 radical (unpaired) electrons. The normalized spacial score (nSPS) is 10.6. The van der Waals surface area contributed by atoms with Crippen LogP contribution in [0.3, 0.4) is 0 Å². The van der Waals surface area contributed by atoms with Crippen molar-refractivity contribution in [3.8, 4) is 11.1 Å². The van der Waals surface area contributed by atoms with Crippen LogP contribution in [0.25, 0.3) is 11.1 Å². The van der Waals surface area contributed by atoms with Gasteiger partial charge in [0.1, 0.15) is 11.6 Å². The standard InChI is InChI=1S/C13H12ClFN2/c1-7-5-11(8(2)13(16)17-7)10-4-3-9(14)6-12(10)15/h3-6H,1-2H3,(H2,16,17). The average Bonchev–Trinajstić information content (AvgIpc) is 2.24. The quantitative estimate of drug-likeness (QED) is 0.837. The van der Waals surface area contributed by atoms with Crippen LogP contribution < -0.4 is 5.73 Å². The highest BCUT2D eigenvalue weighted by Crippen LogP contribution is 2.30. The summed E-state index contributed by atoms with van der Waals surface area (Å²) < 4.78 is 13.8. The number of nitrogens with two attached hydrogens (primary N) is 1. The zero-order valence-corrected chi connectivity index (χ0v) is 10.3. The molecule has 2 aromatic rings. The monoisotopic (exact) mass is 250 g/mol. The summed E-state index contributed by atoms with van der Waals surface area (Å²) in [5.41, 5.74) is 8.56. The summed E-state index contributed by atoms with van der Waals surface area (Å²) in [6, 6.07) is 6.42. The number of nitrogens with zero attached hydrogens (tertiary/aromatic N) is 1. The second-order valence-electron chi connectivity index (χ2n) is 3.95. The Morgan fingerprint density at radius 2 is 1.88 bits per heavy atom. The van der Waals surface area contributed by atoms with E-state index in [1.54, 1.807) is 12.1 Å². The third kappa shape index (κ3) is 2.24. The Hall–Kier alpha value is -1.61. The highest BCUT2D eigenvalue weighted by Gasteiger charge is 2.11. The number of anilines is 1. The van der Waals surface area contributed by atoms with E-state index in [1.807, 2.05) is 19.9 Å². The van der Waals surface area contributed by atoms with Gasteiger partial charge in [0.25, 0.3) is 0 Å². The number of benzene rings is 1. The molecule has 0 atom stereocenters. The van der Waals surface area contributed by atoms with Crippen LogP contribution in [0.2, 0.25) is 5.02 Å². The van der Waals surface area contributed by atoms with Crippen LogP contribution in [0.1, 0.15) is 11.3 Å². The molecular formula is C13H12ClFN2. The molecule has 0 bridgehead atoms. The van der Waals surface area contributed by atoms with E-state index < -0.39 is 0 Å². The molecule has 0 amide bonds. The molecule has 1 aromatic heterocycles. The van der Waals surface area contributed by atoms with Crippen molar-refractivity contribution in [2.24, 2.45) is 0 Å². The Bertz CT molecular complexity index is 582. The van der Waals surface area contributed by atoms with Crippen LogP contribution in [-0.4, -0.2) is 4.98 Å². The van der Waals surface area contributed by atoms with Gasteiger partial charge in [-0.3, -0.25) is 0 Å². The summed E-state index contributed by atoms with van der Waals surface area (Å²) in [4.78, 5) is 4.14. The van der Waals surface area contributed by atoms with Crippen LogP contribution in [0.15, 0.2) is 24.3 Å². The number of pyridine rings is 1. The first kappa shape index (κ1) is 11.9. The molecule has 0 aliphatic carbocycles.